The zero-order valence-corrected chi connectivity index (χ0v) is 9.58. The fourth-order valence-corrected chi connectivity index (χ4v) is 2.59. The van der Waals surface area contributed by atoms with E-state index < -0.39 is 0 Å². The number of piperidine rings is 1. The van der Waals surface area contributed by atoms with Crippen LogP contribution in [0.5, 0.6) is 0 Å². The van der Waals surface area contributed by atoms with E-state index in [4.69, 9.17) is 15.2 Å². The van der Waals surface area contributed by atoms with E-state index >= 15 is 0 Å². The summed E-state index contributed by atoms with van der Waals surface area (Å²) in [5.41, 5.74) is 5.75. The highest BCUT2D eigenvalue weighted by Crippen LogP contribution is 2.31. The van der Waals surface area contributed by atoms with Gasteiger partial charge in [-0.25, -0.2) is 0 Å². The maximum atomic E-state index is 5.75. The predicted octanol–water partition coefficient (Wildman–Crippen LogP) is 0.563. The molecule has 2 heterocycles. The van der Waals surface area contributed by atoms with Crippen LogP contribution < -0.4 is 5.73 Å². The van der Waals surface area contributed by atoms with Crippen molar-refractivity contribution in [1.29, 1.82) is 0 Å². The number of hydrogen-bond donors (Lipinski definition) is 1. The lowest BCUT2D eigenvalue weighted by Crippen LogP contribution is -2.50. The highest BCUT2D eigenvalue weighted by atomic mass is 16.7. The van der Waals surface area contributed by atoms with E-state index in [1.165, 1.54) is 0 Å². The van der Waals surface area contributed by atoms with E-state index in [2.05, 4.69) is 11.8 Å². The lowest BCUT2D eigenvalue weighted by atomic mass is 10.0. The quantitative estimate of drug-likeness (QED) is 0.746. The molecule has 0 amide bonds. The van der Waals surface area contributed by atoms with Crippen LogP contribution in [0.25, 0.3) is 0 Å². The Kier molecular flexibility index (Phi) is 3.61. The highest BCUT2D eigenvalue weighted by molar-refractivity contribution is 4.85. The Hall–Kier alpha value is -0.160. The summed E-state index contributed by atoms with van der Waals surface area (Å²) in [5, 5.41) is 0. The van der Waals surface area contributed by atoms with E-state index in [0.717, 1.165) is 52.1 Å². The van der Waals surface area contributed by atoms with Gasteiger partial charge in [-0.2, -0.15) is 0 Å². The summed E-state index contributed by atoms with van der Waals surface area (Å²) in [5.74, 6) is -0.247. The van der Waals surface area contributed by atoms with Gasteiger partial charge in [-0.3, -0.25) is 4.90 Å². The van der Waals surface area contributed by atoms with E-state index in [1.54, 1.807) is 0 Å². The average molecular weight is 214 g/mol. The summed E-state index contributed by atoms with van der Waals surface area (Å²) in [4.78, 5) is 2.47. The van der Waals surface area contributed by atoms with Crippen molar-refractivity contribution in [3.05, 3.63) is 0 Å². The molecule has 2 N–H and O–H groups in total. The second-order valence-electron chi connectivity index (χ2n) is 4.44. The Morgan fingerprint density at radius 1 is 1.27 bits per heavy atom. The van der Waals surface area contributed by atoms with Crippen LogP contribution >= 0.6 is 0 Å². The van der Waals surface area contributed by atoms with Crippen molar-refractivity contribution in [1.82, 2.24) is 4.90 Å². The minimum absolute atomic E-state index is 0.247. The summed E-state index contributed by atoms with van der Waals surface area (Å²) in [6, 6.07) is 0.531. The molecule has 2 aliphatic rings. The molecule has 0 aromatic carbocycles. The summed E-state index contributed by atoms with van der Waals surface area (Å²) >= 11 is 0. The van der Waals surface area contributed by atoms with E-state index in [1.807, 2.05) is 0 Å². The molecule has 2 rings (SSSR count). The van der Waals surface area contributed by atoms with Crippen molar-refractivity contribution in [2.45, 2.75) is 38.0 Å². The molecule has 1 atom stereocenters. The molecule has 0 aromatic rings. The second-order valence-corrected chi connectivity index (χ2v) is 4.44. The first-order valence-electron chi connectivity index (χ1n) is 6.02. The van der Waals surface area contributed by atoms with Gasteiger partial charge in [0.15, 0.2) is 5.79 Å². The van der Waals surface area contributed by atoms with Crippen LogP contribution in [-0.2, 0) is 9.47 Å². The fourth-order valence-electron chi connectivity index (χ4n) is 2.59. The van der Waals surface area contributed by atoms with Gasteiger partial charge in [0.05, 0.1) is 13.2 Å². The third-order valence-corrected chi connectivity index (χ3v) is 3.63. The van der Waals surface area contributed by atoms with Crippen molar-refractivity contribution in [3.8, 4) is 0 Å². The third kappa shape index (κ3) is 2.33. The topological polar surface area (TPSA) is 47.7 Å². The SMILES string of the molecule is CCC(CN)N1CCC2(CC1)OCCO2. The zero-order valence-electron chi connectivity index (χ0n) is 9.58. The van der Waals surface area contributed by atoms with Crippen molar-refractivity contribution < 1.29 is 9.47 Å². The zero-order chi connectivity index (χ0) is 10.7. The Morgan fingerprint density at radius 3 is 2.33 bits per heavy atom. The molecular formula is C11H22N2O2. The van der Waals surface area contributed by atoms with E-state index in [-0.39, 0.29) is 5.79 Å². The summed E-state index contributed by atoms with van der Waals surface area (Å²) in [6.45, 7) is 6.57. The number of nitrogens with two attached hydrogens (primary N) is 1. The standard InChI is InChI=1S/C11H22N2O2/c1-2-10(9-12)13-5-3-11(4-6-13)14-7-8-15-11/h10H,2-9,12H2,1H3. The maximum Gasteiger partial charge on any atom is 0.170 e. The van der Waals surface area contributed by atoms with Crippen molar-refractivity contribution in [3.63, 3.8) is 0 Å². The first-order valence-corrected chi connectivity index (χ1v) is 6.02. The molecule has 0 saturated carbocycles. The summed E-state index contributed by atoms with van der Waals surface area (Å²) in [6.07, 6.45) is 3.11. The largest absolute Gasteiger partial charge is 0.347 e. The molecule has 1 spiro atoms. The molecule has 0 bridgehead atoms. The molecule has 0 radical (unpaired) electrons. The van der Waals surface area contributed by atoms with Crippen LogP contribution in [0, 0.1) is 0 Å². The summed E-state index contributed by atoms with van der Waals surface area (Å²) in [7, 11) is 0. The van der Waals surface area contributed by atoms with Crippen LogP contribution in [0.15, 0.2) is 0 Å². The van der Waals surface area contributed by atoms with Crippen LogP contribution in [0.3, 0.4) is 0 Å². The van der Waals surface area contributed by atoms with E-state index in [9.17, 15) is 0 Å². The first-order chi connectivity index (χ1) is 7.29. The average Bonchev–Trinajstić information content (AvgIpc) is 2.72. The van der Waals surface area contributed by atoms with Gasteiger partial charge in [0.25, 0.3) is 0 Å². The maximum absolute atomic E-state index is 5.75. The number of nitrogens with zero attached hydrogens (tertiary/aromatic N) is 1. The second kappa shape index (κ2) is 4.78. The molecule has 1 unspecified atom stereocenters. The van der Waals surface area contributed by atoms with Gasteiger partial charge in [-0.1, -0.05) is 6.92 Å². The van der Waals surface area contributed by atoms with Gasteiger partial charge in [0.2, 0.25) is 0 Å². The molecule has 2 saturated heterocycles. The highest BCUT2D eigenvalue weighted by Gasteiger charge is 2.40. The minimum Gasteiger partial charge on any atom is -0.347 e. The monoisotopic (exact) mass is 214 g/mol. The molecule has 0 aliphatic carbocycles. The fraction of sp³-hybridized carbons (Fsp3) is 1.00. The number of likely N-dealkylation sites (tertiary alicyclic amines) is 1. The number of rotatable bonds is 3. The lowest BCUT2D eigenvalue weighted by molar-refractivity contribution is -0.187. The van der Waals surface area contributed by atoms with Gasteiger partial charge in [-0.05, 0) is 6.42 Å². The van der Waals surface area contributed by atoms with Crippen LogP contribution in [-0.4, -0.2) is 49.6 Å². The van der Waals surface area contributed by atoms with Crippen LogP contribution in [0.2, 0.25) is 0 Å². The van der Waals surface area contributed by atoms with Gasteiger partial charge < -0.3 is 15.2 Å². The smallest absolute Gasteiger partial charge is 0.170 e. The molecule has 0 aromatic heterocycles. The first kappa shape index (κ1) is 11.3. The Balaban J connectivity index is 1.85. The van der Waals surface area contributed by atoms with Crippen molar-refractivity contribution in [2.75, 3.05) is 32.8 Å². The summed E-state index contributed by atoms with van der Waals surface area (Å²) < 4.78 is 11.4. The van der Waals surface area contributed by atoms with Gasteiger partial charge >= 0.3 is 0 Å². The normalized spacial score (nSPS) is 28.4. The Morgan fingerprint density at radius 2 is 1.87 bits per heavy atom. The molecule has 15 heavy (non-hydrogen) atoms. The molecular weight excluding hydrogens is 192 g/mol. The number of ether oxygens (including phenoxy) is 2. The van der Waals surface area contributed by atoms with Gasteiger partial charge in [0, 0.05) is 38.5 Å². The van der Waals surface area contributed by atoms with Crippen LogP contribution in [0.1, 0.15) is 26.2 Å². The van der Waals surface area contributed by atoms with Crippen LogP contribution in [0.4, 0.5) is 0 Å². The van der Waals surface area contributed by atoms with E-state index in [0.29, 0.717) is 6.04 Å². The molecule has 88 valence electrons. The van der Waals surface area contributed by atoms with Crippen molar-refractivity contribution in [2.24, 2.45) is 5.73 Å². The lowest BCUT2D eigenvalue weighted by Gasteiger charge is -2.40. The molecule has 2 fully saturated rings. The van der Waals surface area contributed by atoms with Gasteiger partial charge in [0.1, 0.15) is 0 Å². The third-order valence-electron chi connectivity index (χ3n) is 3.63. The predicted molar refractivity (Wildman–Crippen MR) is 58.6 cm³/mol. The minimum atomic E-state index is -0.247. The Bertz CT molecular complexity index is 191. The number of hydrogen-bond acceptors (Lipinski definition) is 4. The molecule has 2 aliphatic heterocycles. The Labute approximate surface area is 91.7 Å². The molecule has 4 heteroatoms. The van der Waals surface area contributed by atoms with Gasteiger partial charge in [-0.15, -0.1) is 0 Å². The van der Waals surface area contributed by atoms with Crippen molar-refractivity contribution >= 4 is 0 Å². The molecule has 4 nitrogen and oxygen atoms in total.